The van der Waals surface area contributed by atoms with Crippen LogP contribution in [0, 0.1) is 0 Å². The summed E-state index contributed by atoms with van der Waals surface area (Å²) in [6.45, 7) is 0. The van der Waals surface area contributed by atoms with Crippen LogP contribution in [0.4, 0.5) is 17.1 Å². The van der Waals surface area contributed by atoms with E-state index in [1.807, 2.05) is 11.3 Å². The maximum atomic E-state index is 2.50. The van der Waals surface area contributed by atoms with Crippen LogP contribution in [0.25, 0.3) is 75.8 Å². The standard InChI is InChI=1S/C54H37NS/c1-4-19-38(20-5-1)41-25-16-26-42(37-41)55(50-34-14-12-28-45(50)48-32-17-33-49-46-29-13-15-36-52(46)56-54(48)49)51-35-18-31-44(40-23-8-3-9-24-40)53(51)47-30-11-10-27-43(47)39-21-6-2-7-22-39/h1-37H. The van der Waals surface area contributed by atoms with Crippen LogP contribution in [0.1, 0.15) is 0 Å². The largest absolute Gasteiger partial charge is 0.309 e. The lowest BCUT2D eigenvalue weighted by Gasteiger charge is -2.32. The topological polar surface area (TPSA) is 3.24 Å². The molecule has 0 fully saturated rings. The van der Waals surface area contributed by atoms with Gasteiger partial charge in [0.1, 0.15) is 0 Å². The molecule has 0 spiro atoms. The fraction of sp³-hybridized carbons (Fsp3) is 0. The lowest BCUT2D eigenvalue weighted by molar-refractivity contribution is 1.28. The normalized spacial score (nSPS) is 11.2. The molecule has 0 aliphatic rings. The molecule has 1 heterocycles. The lowest BCUT2D eigenvalue weighted by atomic mass is 9.87. The highest BCUT2D eigenvalue weighted by molar-refractivity contribution is 7.26. The molecule has 0 atom stereocenters. The third-order valence-electron chi connectivity index (χ3n) is 10.7. The Morgan fingerprint density at radius 1 is 0.304 bits per heavy atom. The Morgan fingerprint density at radius 2 is 0.804 bits per heavy atom. The number of para-hydroxylation sites is 1. The van der Waals surface area contributed by atoms with Crippen LogP contribution in [-0.4, -0.2) is 0 Å². The molecule has 10 aromatic rings. The van der Waals surface area contributed by atoms with E-state index >= 15 is 0 Å². The molecule has 1 nitrogen and oxygen atoms in total. The van der Waals surface area contributed by atoms with E-state index in [-0.39, 0.29) is 0 Å². The van der Waals surface area contributed by atoms with Gasteiger partial charge >= 0.3 is 0 Å². The van der Waals surface area contributed by atoms with Crippen LogP contribution in [0.3, 0.4) is 0 Å². The third-order valence-corrected chi connectivity index (χ3v) is 11.9. The second kappa shape index (κ2) is 14.7. The van der Waals surface area contributed by atoms with Crippen molar-refractivity contribution >= 4 is 48.6 Å². The molecule has 0 amide bonds. The molecule has 264 valence electrons. The quantitative estimate of drug-likeness (QED) is 0.150. The average molecular weight is 732 g/mol. The van der Waals surface area contributed by atoms with Crippen molar-refractivity contribution in [3.63, 3.8) is 0 Å². The summed E-state index contributed by atoms with van der Waals surface area (Å²) < 4.78 is 2.60. The van der Waals surface area contributed by atoms with E-state index < -0.39 is 0 Å². The number of fused-ring (bicyclic) bond motifs is 3. The molecule has 0 unspecified atom stereocenters. The fourth-order valence-corrected chi connectivity index (χ4v) is 9.39. The Bertz CT molecular complexity index is 2960. The Labute approximate surface area is 332 Å². The maximum Gasteiger partial charge on any atom is 0.0546 e. The Balaban J connectivity index is 1.30. The van der Waals surface area contributed by atoms with Crippen molar-refractivity contribution in [3.8, 4) is 55.6 Å². The zero-order chi connectivity index (χ0) is 37.3. The van der Waals surface area contributed by atoms with E-state index in [1.54, 1.807) is 0 Å². The van der Waals surface area contributed by atoms with Gasteiger partial charge in [-0.15, -0.1) is 11.3 Å². The number of nitrogens with zero attached hydrogens (tertiary/aromatic N) is 1. The number of benzene rings is 9. The van der Waals surface area contributed by atoms with Crippen molar-refractivity contribution in [3.05, 3.63) is 224 Å². The van der Waals surface area contributed by atoms with E-state index in [4.69, 9.17) is 0 Å². The van der Waals surface area contributed by atoms with Crippen LogP contribution >= 0.6 is 11.3 Å². The zero-order valence-electron chi connectivity index (χ0n) is 30.7. The number of hydrogen-bond donors (Lipinski definition) is 0. The minimum absolute atomic E-state index is 1.09. The fourth-order valence-electron chi connectivity index (χ4n) is 8.16. The van der Waals surface area contributed by atoms with Gasteiger partial charge in [0.25, 0.3) is 0 Å². The summed E-state index contributed by atoms with van der Waals surface area (Å²) >= 11 is 1.88. The van der Waals surface area contributed by atoms with Gasteiger partial charge < -0.3 is 4.90 Å². The first-order valence-corrected chi connectivity index (χ1v) is 19.9. The summed E-state index contributed by atoms with van der Waals surface area (Å²) in [5.74, 6) is 0. The van der Waals surface area contributed by atoms with Crippen LogP contribution in [-0.2, 0) is 0 Å². The van der Waals surface area contributed by atoms with Crippen LogP contribution < -0.4 is 4.90 Å². The first kappa shape index (κ1) is 33.6. The van der Waals surface area contributed by atoms with E-state index in [2.05, 4.69) is 229 Å². The van der Waals surface area contributed by atoms with Gasteiger partial charge in [0.2, 0.25) is 0 Å². The molecule has 0 saturated heterocycles. The van der Waals surface area contributed by atoms with Crippen LogP contribution in [0.5, 0.6) is 0 Å². The van der Waals surface area contributed by atoms with Gasteiger partial charge in [-0.25, -0.2) is 0 Å². The molecule has 2 heteroatoms. The summed E-state index contributed by atoms with van der Waals surface area (Å²) in [4.78, 5) is 2.50. The minimum Gasteiger partial charge on any atom is -0.309 e. The van der Waals surface area contributed by atoms with Gasteiger partial charge in [-0.05, 0) is 69.3 Å². The molecule has 0 aliphatic carbocycles. The van der Waals surface area contributed by atoms with Crippen molar-refractivity contribution in [2.75, 3.05) is 4.90 Å². The number of anilines is 3. The second-order valence-corrected chi connectivity index (χ2v) is 15.1. The van der Waals surface area contributed by atoms with Crippen molar-refractivity contribution < 1.29 is 0 Å². The van der Waals surface area contributed by atoms with E-state index in [1.165, 1.54) is 75.8 Å². The molecule has 9 aromatic carbocycles. The summed E-state index contributed by atoms with van der Waals surface area (Å²) in [6, 6.07) is 81.4. The first-order valence-electron chi connectivity index (χ1n) is 19.1. The maximum absolute atomic E-state index is 2.50. The number of thiophene rings is 1. The van der Waals surface area contributed by atoms with Gasteiger partial charge in [-0.3, -0.25) is 0 Å². The Morgan fingerprint density at radius 3 is 1.57 bits per heavy atom. The minimum atomic E-state index is 1.09. The molecule has 56 heavy (non-hydrogen) atoms. The smallest absolute Gasteiger partial charge is 0.0546 e. The van der Waals surface area contributed by atoms with Crippen LogP contribution in [0.2, 0.25) is 0 Å². The molecule has 0 N–H and O–H groups in total. The summed E-state index contributed by atoms with van der Waals surface area (Å²) in [5, 5.41) is 2.59. The highest BCUT2D eigenvalue weighted by Crippen LogP contribution is 2.51. The first-order chi connectivity index (χ1) is 27.8. The molecule has 0 bridgehead atoms. The van der Waals surface area contributed by atoms with Gasteiger partial charge in [0.05, 0.1) is 11.4 Å². The zero-order valence-corrected chi connectivity index (χ0v) is 31.5. The van der Waals surface area contributed by atoms with Crippen molar-refractivity contribution in [2.24, 2.45) is 0 Å². The summed E-state index contributed by atoms with van der Waals surface area (Å²) in [5.41, 5.74) is 15.2. The Hall–Kier alpha value is -7.00. The van der Waals surface area contributed by atoms with Gasteiger partial charge in [0, 0.05) is 42.6 Å². The van der Waals surface area contributed by atoms with Crippen molar-refractivity contribution in [1.29, 1.82) is 0 Å². The molecular formula is C54H37NS. The molecule has 10 rings (SSSR count). The lowest BCUT2D eigenvalue weighted by Crippen LogP contribution is -2.13. The predicted octanol–water partition coefficient (Wildman–Crippen LogP) is 15.9. The third kappa shape index (κ3) is 6.07. The van der Waals surface area contributed by atoms with E-state index in [9.17, 15) is 0 Å². The van der Waals surface area contributed by atoms with Gasteiger partial charge in [-0.2, -0.15) is 0 Å². The average Bonchev–Trinajstić information content (AvgIpc) is 3.67. The van der Waals surface area contributed by atoms with Crippen molar-refractivity contribution in [2.45, 2.75) is 0 Å². The molecular weight excluding hydrogens is 695 g/mol. The van der Waals surface area contributed by atoms with E-state index in [0.717, 1.165) is 17.1 Å². The highest BCUT2D eigenvalue weighted by atomic mass is 32.1. The van der Waals surface area contributed by atoms with Gasteiger partial charge in [-0.1, -0.05) is 194 Å². The summed E-state index contributed by atoms with van der Waals surface area (Å²) in [7, 11) is 0. The van der Waals surface area contributed by atoms with Gasteiger partial charge in [0.15, 0.2) is 0 Å². The molecule has 1 aromatic heterocycles. The molecule has 0 radical (unpaired) electrons. The second-order valence-electron chi connectivity index (χ2n) is 14.0. The molecule has 0 saturated carbocycles. The number of rotatable bonds is 8. The summed E-state index contributed by atoms with van der Waals surface area (Å²) in [6.07, 6.45) is 0. The van der Waals surface area contributed by atoms with E-state index in [0.29, 0.717) is 0 Å². The Kier molecular flexibility index (Phi) is 8.79. The SMILES string of the molecule is c1ccc(-c2cccc(N(c3ccccc3-c3cccc4c3sc3ccccc34)c3cccc(-c4ccccc4)c3-c3ccccc3-c3ccccc3)c2)cc1. The van der Waals surface area contributed by atoms with Crippen LogP contribution in [0.15, 0.2) is 224 Å². The van der Waals surface area contributed by atoms with Crippen molar-refractivity contribution in [1.82, 2.24) is 0 Å². The number of hydrogen-bond acceptors (Lipinski definition) is 2. The predicted molar refractivity (Wildman–Crippen MR) is 241 cm³/mol. The molecule has 0 aliphatic heterocycles. The highest BCUT2D eigenvalue weighted by Gasteiger charge is 2.25. The monoisotopic (exact) mass is 731 g/mol.